The van der Waals surface area contributed by atoms with Crippen LogP contribution in [0.3, 0.4) is 0 Å². The van der Waals surface area contributed by atoms with Crippen LogP contribution >= 0.6 is 0 Å². The summed E-state index contributed by atoms with van der Waals surface area (Å²) in [7, 11) is 1.33. The molecule has 1 aromatic rings. The maximum atomic E-state index is 10.9. The molecule has 0 saturated heterocycles. The van der Waals surface area contributed by atoms with Crippen LogP contribution in [0.25, 0.3) is 0 Å². The van der Waals surface area contributed by atoms with E-state index in [1.54, 1.807) is 12.1 Å². The van der Waals surface area contributed by atoms with E-state index in [0.29, 0.717) is 6.42 Å². The van der Waals surface area contributed by atoms with Crippen LogP contribution in [-0.4, -0.2) is 20.7 Å². The van der Waals surface area contributed by atoms with Gasteiger partial charge in [0.15, 0.2) is 0 Å². The molecule has 0 fully saturated rings. The zero-order valence-corrected chi connectivity index (χ0v) is 9.73. The fourth-order valence-corrected chi connectivity index (χ4v) is 1.59. The van der Waals surface area contributed by atoms with Crippen molar-refractivity contribution in [3.63, 3.8) is 0 Å². The first-order valence-corrected chi connectivity index (χ1v) is 5.65. The third-order valence-corrected chi connectivity index (χ3v) is 2.88. The van der Waals surface area contributed by atoms with Gasteiger partial charge >= 0.3 is 0 Å². The Morgan fingerprint density at radius 2 is 2.19 bits per heavy atom. The van der Waals surface area contributed by atoms with E-state index in [2.05, 4.69) is 0 Å². The topological polar surface area (TPSA) is 83.7 Å². The molecule has 1 N–H and O–H groups in total. The summed E-state index contributed by atoms with van der Waals surface area (Å²) in [5.41, 5.74) is 0.838. The number of anilines is 1. The predicted molar refractivity (Wildman–Crippen MR) is 61.6 cm³/mol. The summed E-state index contributed by atoms with van der Waals surface area (Å²) in [6.07, 6.45) is 0.705. The Labute approximate surface area is 95.5 Å². The monoisotopic (exact) mass is 244 g/mol. The van der Waals surface area contributed by atoms with E-state index in [0.717, 1.165) is 9.87 Å². The second kappa shape index (κ2) is 5.04. The summed E-state index contributed by atoms with van der Waals surface area (Å²) in [5.74, 6) is 0. The Bertz CT molecular complexity index is 436. The second-order valence-electron chi connectivity index (χ2n) is 3.16. The van der Waals surface area contributed by atoms with E-state index in [4.69, 9.17) is 4.55 Å². The van der Waals surface area contributed by atoms with Gasteiger partial charge < -0.3 is 0 Å². The van der Waals surface area contributed by atoms with Crippen LogP contribution in [0.15, 0.2) is 18.2 Å². The van der Waals surface area contributed by atoms with E-state index in [9.17, 15) is 14.3 Å². The van der Waals surface area contributed by atoms with Crippen molar-refractivity contribution in [2.45, 2.75) is 13.3 Å². The van der Waals surface area contributed by atoms with Gasteiger partial charge in [0.25, 0.3) is 17.0 Å². The molecule has 0 saturated carbocycles. The van der Waals surface area contributed by atoms with Gasteiger partial charge in [0, 0.05) is 13.1 Å². The maximum absolute atomic E-state index is 10.9. The summed E-state index contributed by atoms with van der Waals surface area (Å²) < 4.78 is 20.8. The van der Waals surface area contributed by atoms with Crippen LogP contribution in [0.2, 0.25) is 0 Å². The standard InChI is InChI=1S/C9H12N2O4S/c1-3-7-4-5-8(11(12)13)9(6-7)10(2)16(14)15/h4-6H,3H2,1-2H3,(H,14,15). The molecule has 0 spiro atoms. The second-order valence-corrected chi connectivity index (χ2v) is 4.17. The summed E-state index contributed by atoms with van der Waals surface area (Å²) >= 11 is -2.27. The minimum atomic E-state index is -2.27. The van der Waals surface area contributed by atoms with E-state index in [1.807, 2.05) is 6.92 Å². The molecule has 0 aliphatic carbocycles. The molecular formula is C9H12N2O4S. The molecule has 1 rings (SSSR count). The first kappa shape index (κ1) is 12.6. The van der Waals surface area contributed by atoms with Gasteiger partial charge in [0.05, 0.1) is 4.92 Å². The van der Waals surface area contributed by atoms with Gasteiger partial charge in [-0.15, -0.1) is 0 Å². The average molecular weight is 244 g/mol. The summed E-state index contributed by atoms with van der Waals surface area (Å²) in [6.45, 7) is 1.90. The van der Waals surface area contributed by atoms with Crippen LogP contribution in [-0.2, 0) is 17.7 Å². The average Bonchev–Trinajstić information content (AvgIpc) is 2.26. The molecule has 88 valence electrons. The number of aryl methyl sites for hydroxylation is 1. The lowest BCUT2D eigenvalue weighted by atomic mass is 10.1. The summed E-state index contributed by atoms with van der Waals surface area (Å²) in [6, 6.07) is 4.53. The molecule has 0 aliphatic heterocycles. The Balaban J connectivity index is 3.30. The normalized spacial score (nSPS) is 12.2. The lowest BCUT2D eigenvalue weighted by molar-refractivity contribution is -0.384. The zero-order chi connectivity index (χ0) is 12.3. The molecule has 0 aromatic heterocycles. The van der Waals surface area contributed by atoms with Crippen molar-refractivity contribution in [1.82, 2.24) is 0 Å². The molecule has 0 aliphatic rings. The molecule has 1 aromatic carbocycles. The fourth-order valence-electron chi connectivity index (χ4n) is 1.28. The molecular weight excluding hydrogens is 232 g/mol. The van der Waals surface area contributed by atoms with Crippen molar-refractivity contribution in [3.8, 4) is 0 Å². The SMILES string of the molecule is CCc1ccc([N+](=O)[O-])c(N(C)S(=O)O)c1. The smallest absolute Gasteiger partial charge is 0.289 e. The van der Waals surface area contributed by atoms with Crippen molar-refractivity contribution in [3.05, 3.63) is 33.9 Å². The third-order valence-electron chi connectivity index (χ3n) is 2.22. The lowest BCUT2D eigenvalue weighted by Gasteiger charge is -2.14. The number of nitro benzene ring substituents is 1. The van der Waals surface area contributed by atoms with Gasteiger partial charge in [-0.2, -0.15) is 0 Å². The highest BCUT2D eigenvalue weighted by atomic mass is 32.2. The number of hydrogen-bond donors (Lipinski definition) is 1. The number of nitro groups is 1. The van der Waals surface area contributed by atoms with Crippen molar-refractivity contribution in [2.24, 2.45) is 0 Å². The molecule has 1 atom stereocenters. The molecule has 0 radical (unpaired) electrons. The third kappa shape index (κ3) is 2.56. The largest absolute Gasteiger partial charge is 0.293 e. The zero-order valence-electron chi connectivity index (χ0n) is 8.91. The van der Waals surface area contributed by atoms with E-state index < -0.39 is 16.2 Å². The van der Waals surface area contributed by atoms with E-state index >= 15 is 0 Å². The van der Waals surface area contributed by atoms with Gasteiger partial charge in [-0.05, 0) is 18.1 Å². The minimum absolute atomic E-state index is 0.144. The van der Waals surface area contributed by atoms with Crippen molar-refractivity contribution < 1.29 is 13.7 Å². The van der Waals surface area contributed by atoms with Crippen LogP contribution in [0.1, 0.15) is 12.5 Å². The molecule has 1 unspecified atom stereocenters. The van der Waals surface area contributed by atoms with Gasteiger partial charge in [-0.25, -0.2) is 4.21 Å². The lowest BCUT2D eigenvalue weighted by Crippen LogP contribution is -2.20. The van der Waals surface area contributed by atoms with Gasteiger partial charge in [-0.1, -0.05) is 13.0 Å². The van der Waals surface area contributed by atoms with Crippen LogP contribution in [0.5, 0.6) is 0 Å². The highest BCUT2D eigenvalue weighted by molar-refractivity contribution is 7.80. The number of hydrogen-bond acceptors (Lipinski definition) is 3. The van der Waals surface area contributed by atoms with Crippen LogP contribution < -0.4 is 4.31 Å². The van der Waals surface area contributed by atoms with Gasteiger partial charge in [-0.3, -0.25) is 19.0 Å². The number of rotatable bonds is 4. The van der Waals surface area contributed by atoms with E-state index in [-0.39, 0.29) is 11.4 Å². The summed E-state index contributed by atoms with van der Waals surface area (Å²) in [5, 5.41) is 10.7. The van der Waals surface area contributed by atoms with Crippen molar-refractivity contribution >= 4 is 22.6 Å². The van der Waals surface area contributed by atoms with Crippen LogP contribution in [0.4, 0.5) is 11.4 Å². The predicted octanol–water partition coefficient (Wildman–Crippen LogP) is 1.73. The molecule has 16 heavy (non-hydrogen) atoms. The van der Waals surface area contributed by atoms with Crippen molar-refractivity contribution in [2.75, 3.05) is 11.4 Å². The molecule has 0 heterocycles. The quantitative estimate of drug-likeness (QED) is 0.496. The fraction of sp³-hybridized carbons (Fsp3) is 0.333. The minimum Gasteiger partial charge on any atom is -0.289 e. The van der Waals surface area contributed by atoms with Gasteiger partial charge in [0.1, 0.15) is 5.69 Å². The van der Waals surface area contributed by atoms with Crippen LogP contribution in [0, 0.1) is 10.1 Å². The molecule has 6 nitrogen and oxygen atoms in total. The summed E-state index contributed by atoms with van der Waals surface area (Å²) in [4.78, 5) is 10.2. The number of benzene rings is 1. The highest BCUT2D eigenvalue weighted by Gasteiger charge is 2.19. The first-order valence-electron chi connectivity index (χ1n) is 4.59. The Kier molecular flexibility index (Phi) is 3.97. The number of nitrogens with zero attached hydrogens (tertiary/aromatic N) is 2. The molecule has 7 heteroatoms. The Hall–Kier alpha value is -1.47. The first-order chi connectivity index (χ1) is 7.47. The Morgan fingerprint density at radius 1 is 1.56 bits per heavy atom. The maximum Gasteiger partial charge on any atom is 0.293 e. The van der Waals surface area contributed by atoms with Crippen molar-refractivity contribution in [1.29, 1.82) is 0 Å². The Morgan fingerprint density at radius 3 is 2.62 bits per heavy atom. The highest BCUT2D eigenvalue weighted by Crippen LogP contribution is 2.29. The van der Waals surface area contributed by atoms with Gasteiger partial charge in [0.2, 0.25) is 0 Å². The van der Waals surface area contributed by atoms with E-state index in [1.165, 1.54) is 13.1 Å². The molecule has 0 amide bonds. The molecule has 0 bridgehead atoms.